The number of urea groups is 1. The van der Waals surface area contributed by atoms with Gasteiger partial charge in [0.15, 0.2) is 0 Å². The lowest BCUT2D eigenvalue weighted by molar-refractivity contribution is -0.115. The molecule has 5 nitrogen and oxygen atoms in total. The number of hydrogen-bond donors (Lipinski definition) is 3. The fourth-order valence-electron chi connectivity index (χ4n) is 1.23. The summed E-state index contributed by atoms with van der Waals surface area (Å²) in [5, 5.41) is 4.92. The van der Waals surface area contributed by atoms with Crippen LogP contribution in [-0.2, 0) is 4.79 Å². The Kier molecular flexibility index (Phi) is 3.88. The van der Waals surface area contributed by atoms with E-state index in [0.717, 1.165) is 16.8 Å². The fourth-order valence-corrected chi connectivity index (χ4v) is 1.23. The Morgan fingerprint density at radius 2 is 2.00 bits per heavy atom. The number of rotatable bonds is 3. The average Bonchev–Trinajstić information content (AvgIpc) is 2.20. The molecule has 1 aromatic carbocycles. The molecule has 1 aromatic rings. The summed E-state index contributed by atoms with van der Waals surface area (Å²) in [6.45, 7) is 3.72. The lowest BCUT2D eigenvalue weighted by Gasteiger charge is -2.09. The summed E-state index contributed by atoms with van der Waals surface area (Å²) in [7, 11) is 0. The smallest absolute Gasteiger partial charge is 0.312 e. The molecule has 0 atom stereocenters. The predicted molar refractivity (Wildman–Crippen MR) is 62.1 cm³/mol. The van der Waals surface area contributed by atoms with Gasteiger partial charge < -0.3 is 16.4 Å². The molecule has 1 rings (SSSR count). The van der Waals surface area contributed by atoms with Gasteiger partial charge in [-0.25, -0.2) is 4.79 Å². The summed E-state index contributed by atoms with van der Waals surface area (Å²) < 4.78 is 0. The molecule has 5 heteroatoms. The Hall–Kier alpha value is -2.04. The summed E-state index contributed by atoms with van der Waals surface area (Å²) in [5.41, 5.74) is 7.63. The second kappa shape index (κ2) is 5.16. The minimum Gasteiger partial charge on any atom is -0.352 e. The van der Waals surface area contributed by atoms with E-state index in [0.29, 0.717) is 0 Å². The third-order valence-corrected chi connectivity index (χ3v) is 2.09. The zero-order chi connectivity index (χ0) is 12.1. The molecule has 0 heterocycles. The lowest BCUT2D eigenvalue weighted by Crippen LogP contribution is -2.36. The van der Waals surface area contributed by atoms with Crippen LogP contribution in [-0.4, -0.2) is 18.5 Å². The standard InChI is InChI=1S/C11H15N3O2/c1-7-3-4-8(2)9(5-7)14-10(15)6-13-11(12)16/h3-5H,6H2,1-2H3,(H,14,15)(H3,12,13,16). The predicted octanol–water partition coefficient (Wildman–Crippen LogP) is 0.910. The van der Waals surface area contributed by atoms with Crippen LogP contribution in [0.1, 0.15) is 11.1 Å². The number of aryl methyl sites for hydroxylation is 2. The first kappa shape index (κ1) is 12.0. The van der Waals surface area contributed by atoms with Crippen LogP contribution >= 0.6 is 0 Å². The minimum absolute atomic E-state index is 0.122. The number of amides is 3. The van der Waals surface area contributed by atoms with Gasteiger partial charge in [-0.05, 0) is 31.0 Å². The van der Waals surface area contributed by atoms with Gasteiger partial charge in [0.05, 0.1) is 6.54 Å². The van der Waals surface area contributed by atoms with Gasteiger partial charge in [0.2, 0.25) is 5.91 Å². The maximum atomic E-state index is 11.4. The number of anilines is 1. The molecule has 0 radical (unpaired) electrons. The number of carbonyl (C=O) groups excluding carboxylic acids is 2. The van der Waals surface area contributed by atoms with E-state index in [9.17, 15) is 9.59 Å². The molecule has 0 saturated carbocycles. The van der Waals surface area contributed by atoms with Crippen LogP contribution in [0, 0.1) is 13.8 Å². The molecule has 0 aliphatic carbocycles. The number of hydrogen-bond acceptors (Lipinski definition) is 2. The van der Waals surface area contributed by atoms with Crippen molar-refractivity contribution in [2.75, 3.05) is 11.9 Å². The van der Waals surface area contributed by atoms with Gasteiger partial charge in [0.1, 0.15) is 0 Å². The average molecular weight is 221 g/mol. The maximum Gasteiger partial charge on any atom is 0.312 e. The fraction of sp³-hybridized carbons (Fsp3) is 0.273. The van der Waals surface area contributed by atoms with Crippen LogP contribution < -0.4 is 16.4 Å². The van der Waals surface area contributed by atoms with Crippen molar-refractivity contribution in [2.24, 2.45) is 5.73 Å². The molecule has 3 amide bonds. The van der Waals surface area contributed by atoms with Crippen LogP contribution in [0.2, 0.25) is 0 Å². The first-order valence-electron chi connectivity index (χ1n) is 4.89. The highest BCUT2D eigenvalue weighted by atomic mass is 16.2. The molecule has 16 heavy (non-hydrogen) atoms. The first-order chi connectivity index (χ1) is 7.49. The maximum absolute atomic E-state index is 11.4. The highest BCUT2D eigenvalue weighted by molar-refractivity contribution is 5.94. The molecule has 86 valence electrons. The van der Waals surface area contributed by atoms with E-state index < -0.39 is 6.03 Å². The molecule has 0 spiro atoms. The first-order valence-corrected chi connectivity index (χ1v) is 4.89. The quantitative estimate of drug-likeness (QED) is 0.708. The number of nitrogens with one attached hydrogen (secondary N) is 2. The normalized spacial score (nSPS) is 9.62. The SMILES string of the molecule is Cc1ccc(C)c(NC(=O)CNC(N)=O)c1. The van der Waals surface area contributed by atoms with Crippen molar-refractivity contribution in [1.29, 1.82) is 0 Å². The van der Waals surface area contributed by atoms with Crippen molar-refractivity contribution in [3.8, 4) is 0 Å². The van der Waals surface area contributed by atoms with Gasteiger partial charge in [-0.3, -0.25) is 4.79 Å². The van der Waals surface area contributed by atoms with Gasteiger partial charge in [-0.1, -0.05) is 12.1 Å². The monoisotopic (exact) mass is 221 g/mol. The number of nitrogens with two attached hydrogens (primary N) is 1. The van der Waals surface area contributed by atoms with Gasteiger partial charge in [-0.2, -0.15) is 0 Å². The van der Waals surface area contributed by atoms with Gasteiger partial charge in [-0.15, -0.1) is 0 Å². The molecule has 0 unspecified atom stereocenters. The summed E-state index contributed by atoms with van der Waals surface area (Å²) in [4.78, 5) is 21.8. The van der Waals surface area contributed by atoms with E-state index in [-0.39, 0.29) is 12.5 Å². The lowest BCUT2D eigenvalue weighted by atomic mass is 10.1. The molecule has 4 N–H and O–H groups in total. The van der Waals surface area contributed by atoms with Crippen LogP contribution in [0.4, 0.5) is 10.5 Å². The second-order valence-corrected chi connectivity index (χ2v) is 3.58. The summed E-state index contributed by atoms with van der Waals surface area (Å²) in [5.74, 6) is -0.299. The number of carbonyl (C=O) groups is 2. The summed E-state index contributed by atoms with van der Waals surface area (Å²) >= 11 is 0. The van der Waals surface area contributed by atoms with E-state index in [2.05, 4.69) is 10.6 Å². The summed E-state index contributed by atoms with van der Waals surface area (Å²) in [6.07, 6.45) is 0. The van der Waals surface area contributed by atoms with Gasteiger partial charge in [0, 0.05) is 5.69 Å². The minimum atomic E-state index is -0.712. The zero-order valence-electron chi connectivity index (χ0n) is 9.33. The Balaban J connectivity index is 2.62. The molecule has 0 fully saturated rings. The molecule has 0 aliphatic rings. The highest BCUT2D eigenvalue weighted by Gasteiger charge is 2.05. The largest absolute Gasteiger partial charge is 0.352 e. The molecule has 0 aromatic heterocycles. The number of primary amides is 1. The van der Waals surface area contributed by atoms with E-state index in [4.69, 9.17) is 5.73 Å². The van der Waals surface area contributed by atoms with Crippen LogP contribution in [0.25, 0.3) is 0 Å². The molecule has 0 aliphatic heterocycles. The van der Waals surface area contributed by atoms with E-state index in [1.54, 1.807) is 0 Å². The molecular formula is C11H15N3O2. The zero-order valence-corrected chi connectivity index (χ0v) is 9.33. The van der Waals surface area contributed by atoms with E-state index >= 15 is 0 Å². The van der Waals surface area contributed by atoms with Crippen molar-refractivity contribution in [1.82, 2.24) is 5.32 Å². The summed E-state index contributed by atoms with van der Waals surface area (Å²) in [6, 6.07) is 5.05. The van der Waals surface area contributed by atoms with E-state index in [1.165, 1.54) is 0 Å². The third-order valence-electron chi connectivity index (χ3n) is 2.09. The Bertz CT molecular complexity index is 416. The number of benzene rings is 1. The second-order valence-electron chi connectivity index (χ2n) is 3.58. The van der Waals surface area contributed by atoms with Gasteiger partial charge >= 0.3 is 6.03 Å². The van der Waals surface area contributed by atoms with Crippen LogP contribution in [0.5, 0.6) is 0 Å². The van der Waals surface area contributed by atoms with Gasteiger partial charge in [0.25, 0.3) is 0 Å². The Morgan fingerprint density at radius 1 is 1.31 bits per heavy atom. The van der Waals surface area contributed by atoms with Crippen LogP contribution in [0.3, 0.4) is 0 Å². The van der Waals surface area contributed by atoms with Crippen molar-refractivity contribution >= 4 is 17.6 Å². The Labute approximate surface area is 94.0 Å². The third kappa shape index (κ3) is 3.61. The van der Waals surface area contributed by atoms with Crippen molar-refractivity contribution < 1.29 is 9.59 Å². The Morgan fingerprint density at radius 3 is 2.62 bits per heavy atom. The van der Waals surface area contributed by atoms with Crippen LogP contribution in [0.15, 0.2) is 18.2 Å². The molecule has 0 bridgehead atoms. The molecular weight excluding hydrogens is 206 g/mol. The highest BCUT2D eigenvalue weighted by Crippen LogP contribution is 2.15. The van der Waals surface area contributed by atoms with E-state index in [1.807, 2.05) is 32.0 Å². The van der Waals surface area contributed by atoms with Crippen molar-refractivity contribution in [3.05, 3.63) is 29.3 Å². The van der Waals surface area contributed by atoms with Crippen molar-refractivity contribution in [3.63, 3.8) is 0 Å². The molecule has 0 saturated heterocycles. The topological polar surface area (TPSA) is 84.2 Å². The van der Waals surface area contributed by atoms with Crippen molar-refractivity contribution in [2.45, 2.75) is 13.8 Å².